The molecule has 4 heterocycles. The van der Waals surface area contributed by atoms with Gasteiger partial charge < -0.3 is 64.3 Å². The molecule has 5 atom stereocenters. The van der Waals surface area contributed by atoms with Gasteiger partial charge in [0.1, 0.15) is 56.1 Å². The lowest BCUT2D eigenvalue weighted by Crippen LogP contribution is -2.61. The van der Waals surface area contributed by atoms with Gasteiger partial charge in [0.25, 0.3) is 17.6 Å². The number of aliphatic hydroxyl groups is 3. The lowest BCUT2D eigenvalue weighted by atomic mass is 9.99. The van der Waals surface area contributed by atoms with Crippen molar-refractivity contribution in [3.8, 4) is 5.75 Å². The number of hydrogen-bond acceptors (Lipinski definition) is 17. The summed E-state index contributed by atoms with van der Waals surface area (Å²) in [6.07, 6.45) is -10.2. The molecule has 4 amide bonds. The van der Waals surface area contributed by atoms with E-state index in [4.69, 9.17) is 33.8 Å². The van der Waals surface area contributed by atoms with Crippen molar-refractivity contribution < 1.29 is 87.0 Å². The number of nitrogen functional groups attached to an aromatic ring is 1. The van der Waals surface area contributed by atoms with E-state index in [1.54, 1.807) is 18.2 Å². The number of nitrogens with two attached hydrogens (primary N) is 1. The van der Waals surface area contributed by atoms with E-state index in [-0.39, 0.29) is 126 Å². The van der Waals surface area contributed by atoms with Crippen LogP contribution in [0.25, 0.3) is 22.1 Å². The number of nitrogens with zero attached hydrogens (tertiary/aromatic N) is 2. The summed E-state index contributed by atoms with van der Waals surface area (Å²) < 4.78 is 35.1. The van der Waals surface area contributed by atoms with Gasteiger partial charge in [0.2, 0.25) is 23.5 Å². The highest BCUT2D eigenvalue weighted by atomic mass is 79.9. The molecule has 1 fully saturated rings. The summed E-state index contributed by atoms with van der Waals surface area (Å²) in [5, 5.41) is 56.3. The molecule has 4 aromatic rings. The van der Waals surface area contributed by atoms with Gasteiger partial charge in [-0.3, -0.25) is 34.6 Å². The summed E-state index contributed by atoms with van der Waals surface area (Å²) in [6, 6.07) is 10.4. The molecule has 23 nitrogen and oxygen atoms in total. The van der Waals surface area contributed by atoms with Crippen molar-refractivity contribution >= 4 is 101 Å². The van der Waals surface area contributed by atoms with Crippen molar-refractivity contribution in [3.05, 3.63) is 78.3 Å². The predicted molar refractivity (Wildman–Crippen MR) is 251 cm³/mol. The van der Waals surface area contributed by atoms with Crippen LogP contribution in [-0.4, -0.2) is 149 Å². The predicted octanol–water partition coefficient (Wildman–Crippen LogP) is 1.21. The fourth-order valence-corrected chi connectivity index (χ4v) is 8.00. The third-order valence-corrected chi connectivity index (χ3v) is 13.1. The van der Waals surface area contributed by atoms with Gasteiger partial charge in [-0.05, 0) is 79.2 Å². The van der Waals surface area contributed by atoms with Crippen LogP contribution >= 0.6 is 31.9 Å². The minimum Gasteiger partial charge on any atom is -0.479 e. The smallest absolute Gasteiger partial charge is 0.344 e. The Morgan fingerprint density at radius 1 is 0.814 bits per heavy atom. The number of rotatable bonds is 23. The molecule has 25 heteroatoms. The molecule has 0 bridgehead atoms. The van der Waals surface area contributed by atoms with Crippen molar-refractivity contribution in [2.24, 2.45) is 0 Å². The van der Waals surface area contributed by atoms with Crippen LogP contribution in [0.1, 0.15) is 54.1 Å². The molecule has 0 spiro atoms. The SMILES string of the molecule is CC(C)c1ccc2oc3c(cc(C(=O)O)c(N)[n+]3Cc3ccc(O[C@@H]4O[C@H](C(=O)O)[C@@H](O)[C@H](O)[C@H]4O)c(NC(=O)CCNC(=O)CCOCCOCCOCCN4C(=O)C(Br)=C(Br)C4=O)c3)c(=O)c2c1. The monoisotopic (exact) mass is 1110 g/mol. The number of carbonyl (C=O) groups is 6. The third kappa shape index (κ3) is 12.5. The molecule has 1 saturated heterocycles. The Morgan fingerprint density at radius 2 is 1.47 bits per heavy atom. The van der Waals surface area contributed by atoms with E-state index < -0.39 is 77.3 Å². The largest absolute Gasteiger partial charge is 0.479 e. The molecule has 2 aliphatic rings. The Labute approximate surface area is 414 Å². The van der Waals surface area contributed by atoms with Gasteiger partial charge in [0.15, 0.2) is 6.10 Å². The summed E-state index contributed by atoms with van der Waals surface area (Å²) in [4.78, 5) is 89.1. The number of carbonyl (C=O) groups excluding carboxylic acids is 4. The first-order chi connectivity index (χ1) is 33.3. The normalized spacial score (nSPS) is 19.4. The van der Waals surface area contributed by atoms with Gasteiger partial charge in [-0.2, -0.15) is 4.57 Å². The van der Waals surface area contributed by atoms with Gasteiger partial charge in [-0.25, -0.2) is 9.59 Å². The number of anilines is 2. The molecule has 9 N–H and O–H groups in total. The molecule has 2 aromatic carbocycles. The van der Waals surface area contributed by atoms with Crippen molar-refractivity contribution in [1.29, 1.82) is 0 Å². The number of aromatic nitrogens is 1. The lowest BCUT2D eigenvalue weighted by Gasteiger charge is -2.38. The van der Waals surface area contributed by atoms with Crippen molar-refractivity contribution in [1.82, 2.24) is 10.2 Å². The van der Waals surface area contributed by atoms with Crippen LogP contribution in [0, 0.1) is 0 Å². The van der Waals surface area contributed by atoms with Crippen LogP contribution in [0.2, 0.25) is 0 Å². The standard InChI is InChI=1S/C45H49Br2N5O18/c1-21(2)23-4-6-28-24(18-23)34(55)25-19-26(43(61)62)39(48)52(42(25)68-28)20-22-3-5-29(69-45-37(58)35(56)36(57)38(70-45)44(63)64)27(17-22)50-31(54)7-9-49-30(53)8-11-65-13-15-67-16-14-66-12-10-51-40(59)32(46)33(47)41(51)60/h3-6,17-19,21,35-38,45,48,56-58H,7-16,20H2,1-2H3,(H4,49,50,53,54,61,62,63,64)/p+1/t35-,36-,37+,38-,45+/m0/s1. The average molecular weight is 1110 g/mol. The molecule has 70 heavy (non-hydrogen) atoms. The van der Waals surface area contributed by atoms with Gasteiger partial charge in [0.05, 0.1) is 57.3 Å². The fourth-order valence-electron chi connectivity index (χ4n) is 7.24. The summed E-state index contributed by atoms with van der Waals surface area (Å²) in [5.74, 6) is -5.50. The molecule has 2 aliphatic heterocycles. The zero-order valence-corrected chi connectivity index (χ0v) is 40.7. The van der Waals surface area contributed by atoms with Crippen LogP contribution in [-0.2, 0) is 49.5 Å². The number of aliphatic hydroxyl groups excluding tert-OH is 3. The third-order valence-electron chi connectivity index (χ3n) is 11.1. The second-order valence-electron chi connectivity index (χ2n) is 16.2. The van der Waals surface area contributed by atoms with E-state index in [9.17, 15) is 59.1 Å². The van der Waals surface area contributed by atoms with Crippen LogP contribution in [0.15, 0.2) is 60.6 Å². The Hall–Kier alpha value is -5.90. The van der Waals surface area contributed by atoms with Crippen LogP contribution in [0.4, 0.5) is 11.5 Å². The average Bonchev–Trinajstić information content (AvgIpc) is 3.50. The number of ether oxygens (including phenoxy) is 5. The first-order valence-electron chi connectivity index (χ1n) is 21.7. The Morgan fingerprint density at radius 3 is 2.11 bits per heavy atom. The van der Waals surface area contributed by atoms with Crippen molar-refractivity contribution in [2.75, 3.05) is 63.8 Å². The number of aromatic carboxylic acids is 1. The highest BCUT2D eigenvalue weighted by Gasteiger charge is 2.48. The van der Waals surface area contributed by atoms with E-state index in [0.717, 1.165) is 16.5 Å². The quantitative estimate of drug-likeness (QED) is 0.0224. The van der Waals surface area contributed by atoms with E-state index in [2.05, 4.69) is 42.5 Å². The lowest BCUT2D eigenvalue weighted by molar-refractivity contribution is -0.654. The van der Waals surface area contributed by atoms with E-state index >= 15 is 0 Å². The highest BCUT2D eigenvalue weighted by molar-refractivity contribution is 9.14. The van der Waals surface area contributed by atoms with Crippen LogP contribution < -0.4 is 31.1 Å². The molecule has 0 saturated carbocycles. The molecule has 0 aliphatic carbocycles. The Balaban J connectivity index is 1.08. The van der Waals surface area contributed by atoms with Gasteiger partial charge in [-0.1, -0.05) is 26.0 Å². The van der Waals surface area contributed by atoms with E-state index in [0.29, 0.717) is 5.56 Å². The first-order valence-corrected chi connectivity index (χ1v) is 23.3. The Kier molecular flexibility index (Phi) is 18.2. The number of carboxylic acid groups (broad SMARTS) is 2. The zero-order valence-electron chi connectivity index (χ0n) is 37.6. The summed E-state index contributed by atoms with van der Waals surface area (Å²) in [6.45, 7) is 4.54. The molecule has 6 rings (SSSR count). The molecule has 2 aromatic heterocycles. The first kappa shape index (κ1) is 53.5. The maximum Gasteiger partial charge on any atom is 0.344 e. The number of nitrogens with one attached hydrogen (secondary N) is 2. The summed E-state index contributed by atoms with van der Waals surface area (Å²) >= 11 is 6.12. The molecule has 0 radical (unpaired) electrons. The highest BCUT2D eigenvalue weighted by Crippen LogP contribution is 2.32. The fraction of sp³-hybridized carbons (Fsp3) is 0.422. The summed E-state index contributed by atoms with van der Waals surface area (Å²) in [7, 11) is 0. The maximum absolute atomic E-state index is 13.9. The number of hydrogen-bond donors (Lipinski definition) is 8. The number of benzene rings is 2. The molecular weight excluding hydrogens is 1060 g/mol. The summed E-state index contributed by atoms with van der Waals surface area (Å²) in [5.41, 5.74) is 6.75. The number of fused-ring (bicyclic) bond motifs is 2. The molecule has 0 unspecified atom stereocenters. The molecular formula is C45H50Br2N5O18+. The van der Waals surface area contributed by atoms with E-state index in [1.165, 1.54) is 22.8 Å². The minimum absolute atomic E-state index is 0.0395. The van der Waals surface area contributed by atoms with Gasteiger partial charge >= 0.3 is 17.7 Å². The molecule has 376 valence electrons. The van der Waals surface area contributed by atoms with Crippen LogP contribution in [0.5, 0.6) is 5.75 Å². The zero-order chi connectivity index (χ0) is 51.0. The number of halogens is 2. The number of amides is 4. The number of pyridine rings is 1. The van der Waals surface area contributed by atoms with Crippen molar-refractivity contribution in [3.63, 3.8) is 0 Å². The second kappa shape index (κ2) is 23.8. The van der Waals surface area contributed by atoms with E-state index in [1.807, 2.05) is 13.8 Å². The van der Waals surface area contributed by atoms with Crippen LogP contribution in [0.3, 0.4) is 0 Å². The van der Waals surface area contributed by atoms with Gasteiger partial charge in [-0.15, -0.1) is 0 Å². The number of imide groups is 1. The Bertz CT molecular complexity index is 2740. The second-order valence-corrected chi connectivity index (χ2v) is 17.8. The number of aliphatic carboxylic acids is 1. The number of carboxylic acids is 2. The minimum atomic E-state index is -2.01. The van der Waals surface area contributed by atoms with Gasteiger partial charge in [0, 0.05) is 19.4 Å². The maximum atomic E-state index is 13.9. The van der Waals surface area contributed by atoms with Crippen molar-refractivity contribution in [2.45, 2.75) is 69.9 Å². The topological polar surface area (TPSA) is 337 Å².